The Bertz CT molecular complexity index is 310. The number of hydrogen-bond donors (Lipinski definition) is 1. The van der Waals surface area contributed by atoms with Crippen LogP contribution in [0.25, 0.3) is 0 Å². The van der Waals surface area contributed by atoms with Crippen LogP contribution in [-0.2, 0) is 6.54 Å². The van der Waals surface area contributed by atoms with Gasteiger partial charge in [-0.05, 0) is 19.9 Å². The van der Waals surface area contributed by atoms with Crippen molar-refractivity contribution >= 4 is 0 Å². The highest BCUT2D eigenvalue weighted by atomic mass is 15.1. The number of imidazole rings is 1. The first-order valence-corrected chi connectivity index (χ1v) is 4.96. The summed E-state index contributed by atoms with van der Waals surface area (Å²) in [4.78, 5) is 4.04. The van der Waals surface area contributed by atoms with Crippen molar-refractivity contribution in [1.82, 2.24) is 14.9 Å². The van der Waals surface area contributed by atoms with Crippen LogP contribution in [0, 0.1) is 11.3 Å². The van der Waals surface area contributed by atoms with Crippen molar-refractivity contribution in [1.29, 1.82) is 5.26 Å². The molecule has 0 radical (unpaired) electrons. The fourth-order valence-electron chi connectivity index (χ4n) is 1.34. The van der Waals surface area contributed by atoms with Crippen LogP contribution >= 0.6 is 0 Å². The normalized spacial score (nSPS) is 12.4. The zero-order chi connectivity index (χ0) is 10.4. The molecular weight excluding hydrogens is 176 g/mol. The third-order valence-electron chi connectivity index (χ3n) is 2.11. The minimum absolute atomic E-state index is 0.239. The second-order valence-corrected chi connectivity index (χ2v) is 3.12. The van der Waals surface area contributed by atoms with Crippen molar-refractivity contribution in [2.75, 3.05) is 6.54 Å². The van der Waals surface area contributed by atoms with E-state index in [1.807, 2.05) is 11.5 Å². The lowest BCUT2D eigenvalue weighted by molar-refractivity contribution is 0.575. The smallest absolute Gasteiger partial charge is 0.138 e. The second kappa shape index (κ2) is 5.40. The Morgan fingerprint density at radius 1 is 1.64 bits per heavy atom. The van der Waals surface area contributed by atoms with Crippen molar-refractivity contribution in [2.24, 2.45) is 0 Å². The summed E-state index contributed by atoms with van der Waals surface area (Å²) in [5.41, 5.74) is 0.948. The average Bonchev–Trinajstić information content (AvgIpc) is 2.67. The molecule has 0 aromatic carbocycles. The van der Waals surface area contributed by atoms with E-state index >= 15 is 0 Å². The molecule has 1 aromatic heterocycles. The maximum absolute atomic E-state index is 8.99. The van der Waals surface area contributed by atoms with E-state index in [2.05, 4.69) is 23.3 Å². The highest BCUT2D eigenvalue weighted by molar-refractivity contribution is 5.13. The topological polar surface area (TPSA) is 53.6 Å². The van der Waals surface area contributed by atoms with Crippen molar-refractivity contribution in [3.8, 4) is 6.07 Å². The molecule has 0 fully saturated rings. The molecule has 0 saturated carbocycles. The summed E-state index contributed by atoms with van der Waals surface area (Å²) in [6.07, 6.45) is 4.53. The summed E-state index contributed by atoms with van der Waals surface area (Å²) in [6.45, 7) is 5.83. The molecule has 1 N–H and O–H groups in total. The lowest BCUT2D eigenvalue weighted by atomic mass is 10.2. The third kappa shape index (κ3) is 2.33. The molecule has 0 saturated heterocycles. The highest BCUT2D eigenvalue weighted by Crippen LogP contribution is 2.11. The fourth-order valence-corrected chi connectivity index (χ4v) is 1.34. The standard InChI is InChI=1S/C10H16N4/c1-3-5-13-9(6-11)10-7-12-8-14(10)4-2/h7-9,13H,3-5H2,1-2H3. The van der Waals surface area contributed by atoms with Gasteiger partial charge < -0.3 is 4.57 Å². The van der Waals surface area contributed by atoms with E-state index in [4.69, 9.17) is 5.26 Å². The molecule has 4 nitrogen and oxygen atoms in total. The van der Waals surface area contributed by atoms with Gasteiger partial charge in [0.1, 0.15) is 6.04 Å². The molecule has 1 aromatic rings. The number of nitriles is 1. The number of rotatable bonds is 5. The third-order valence-corrected chi connectivity index (χ3v) is 2.11. The molecule has 0 aliphatic carbocycles. The molecule has 14 heavy (non-hydrogen) atoms. The number of nitrogens with one attached hydrogen (secondary N) is 1. The Labute approximate surface area is 84.6 Å². The molecule has 1 atom stereocenters. The zero-order valence-corrected chi connectivity index (χ0v) is 8.70. The molecule has 1 heterocycles. The first-order valence-electron chi connectivity index (χ1n) is 4.96. The Hall–Kier alpha value is -1.34. The Morgan fingerprint density at radius 3 is 3.00 bits per heavy atom. The molecule has 0 bridgehead atoms. The minimum Gasteiger partial charge on any atom is -0.333 e. The molecule has 4 heteroatoms. The van der Waals surface area contributed by atoms with Crippen LogP contribution in [0.4, 0.5) is 0 Å². The Kier molecular flexibility index (Phi) is 4.14. The Morgan fingerprint density at radius 2 is 2.43 bits per heavy atom. The van der Waals surface area contributed by atoms with Gasteiger partial charge in [-0.1, -0.05) is 6.92 Å². The van der Waals surface area contributed by atoms with Crippen molar-refractivity contribution < 1.29 is 0 Å². The summed E-state index contributed by atoms with van der Waals surface area (Å²) >= 11 is 0. The van der Waals surface area contributed by atoms with Gasteiger partial charge in [-0.25, -0.2) is 4.98 Å². The first-order chi connectivity index (χ1) is 6.83. The van der Waals surface area contributed by atoms with Gasteiger partial charge in [-0.2, -0.15) is 5.26 Å². The zero-order valence-electron chi connectivity index (χ0n) is 8.70. The lowest BCUT2D eigenvalue weighted by Gasteiger charge is -2.12. The number of aryl methyl sites for hydroxylation is 1. The van der Waals surface area contributed by atoms with E-state index in [-0.39, 0.29) is 6.04 Å². The molecule has 0 aliphatic rings. The fraction of sp³-hybridized carbons (Fsp3) is 0.600. The molecule has 0 amide bonds. The van der Waals surface area contributed by atoms with Gasteiger partial charge in [0, 0.05) is 6.54 Å². The maximum atomic E-state index is 8.99. The molecule has 76 valence electrons. The SMILES string of the molecule is CCCNC(C#N)c1cncn1CC. The summed E-state index contributed by atoms with van der Waals surface area (Å²) in [5.74, 6) is 0. The minimum atomic E-state index is -0.239. The van der Waals surface area contributed by atoms with E-state index in [1.165, 1.54) is 0 Å². The van der Waals surface area contributed by atoms with Gasteiger partial charge in [0.15, 0.2) is 0 Å². The summed E-state index contributed by atoms with van der Waals surface area (Å²) in [6, 6.07) is 2.00. The predicted octanol–water partition coefficient (Wildman–Crippen LogP) is 1.47. The van der Waals surface area contributed by atoms with Crippen molar-refractivity contribution in [3.05, 3.63) is 18.2 Å². The van der Waals surface area contributed by atoms with Crippen LogP contribution in [0.3, 0.4) is 0 Å². The van der Waals surface area contributed by atoms with Crippen LogP contribution in [-0.4, -0.2) is 16.1 Å². The second-order valence-electron chi connectivity index (χ2n) is 3.12. The molecular formula is C10H16N4. The van der Waals surface area contributed by atoms with Gasteiger partial charge in [-0.3, -0.25) is 5.32 Å². The number of nitrogens with zero attached hydrogens (tertiary/aromatic N) is 3. The van der Waals surface area contributed by atoms with Crippen LogP contribution in [0.1, 0.15) is 32.0 Å². The molecule has 1 unspecified atom stereocenters. The summed E-state index contributed by atoms with van der Waals surface area (Å²) < 4.78 is 1.98. The van der Waals surface area contributed by atoms with Gasteiger partial charge in [0.05, 0.1) is 24.3 Å². The molecule has 1 rings (SSSR count). The first kappa shape index (κ1) is 10.7. The van der Waals surface area contributed by atoms with E-state index < -0.39 is 0 Å². The largest absolute Gasteiger partial charge is 0.333 e. The van der Waals surface area contributed by atoms with Gasteiger partial charge >= 0.3 is 0 Å². The lowest BCUT2D eigenvalue weighted by Crippen LogP contribution is -2.22. The van der Waals surface area contributed by atoms with E-state index in [0.29, 0.717) is 0 Å². The number of aromatic nitrogens is 2. The monoisotopic (exact) mass is 192 g/mol. The van der Waals surface area contributed by atoms with Crippen LogP contribution < -0.4 is 5.32 Å². The maximum Gasteiger partial charge on any atom is 0.138 e. The van der Waals surface area contributed by atoms with E-state index in [0.717, 1.165) is 25.2 Å². The van der Waals surface area contributed by atoms with Crippen LogP contribution in [0.15, 0.2) is 12.5 Å². The quantitative estimate of drug-likeness (QED) is 0.768. The molecule has 0 spiro atoms. The molecule has 0 aliphatic heterocycles. The van der Waals surface area contributed by atoms with Gasteiger partial charge in [-0.15, -0.1) is 0 Å². The van der Waals surface area contributed by atoms with Crippen molar-refractivity contribution in [2.45, 2.75) is 32.9 Å². The highest BCUT2D eigenvalue weighted by Gasteiger charge is 2.13. The summed E-state index contributed by atoms with van der Waals surface area (Å²) in [7, 11) is 0. The average molecular weight is 192 g/mol. The Balaban J connectivity index is 2.74. The van der Waals surface area contributed by atoms with Crippen LogP contribution in [0.2, 0.25) is 0 Å². The van der Waals surface area contributed by atoms with E-state index in [9.17, 15) is 0 Å². The van der Waals surface area contributed by atoms with Gasteiger partial charge in [0.25, 0.3) is 0 Å². The summed E-state index contributed by atoms with van der Waals surface area (Å²) in [5, 5.41) is 12.2. The van der Waals surface area contributed by atoms with Gasteiger partial charge in [0.2, 0.25) is 0 Å². The van der Waals surface area contributed by atoms with Crippen LogP contribution in [0.5, 0.6) is 0 Å². The van der Waals surface area contributed by atoms with E-state index in [1.54, 1.807) is 12.5 Å². The van der Waals surface area contributed by atoms with Crippen molar-refractivity contribution in [3.63, 3.8) is 0 Å². The number of hydrogen-bond acceptors (Lipinski definition) is 3. The predicted molar refractivity (Wildman–Crippen MR) is 54.5 cm³/mol.